The van der Waals surface area contributed by atoms with Crippen LogP contribution < -0.4 is 4.74 Å². The van der Waals surface area contributed by atoms with Crippen LogP contribution in [0.1, 0.15) is 17.0 Å². The average Bonchev–Trinajstić information content (AvgIpc) is 2.90. The summed E-state index contributed by atoms with van der Waals surface area (Å²) < 4.78 is 58.2. The van der Waals surface area contributed by atoms with Crippen molar-refractivity contribution in [1.29, 1.82) is 0 Å². The van der Waals surface area contributed by atoms with Crippen molar-refractivity contribution in [3.05, 3.63) is 41.2 Å². The second kappa shape index (κ2) is 5.14. The third kappa shape index (κ3) is 2.56. The second-order valence-corrected chi connectivity index (χ2v) is 4.71. The van der Waals surface area contributed by atoms with Gasteiger partial charge in [0.15, 0.2) is 11.4 Å². The smallest absolute Gasteiger partial charge is 0.433 e. The van der Waals surface area contributed by atoms with Gasteiger partial charge in [0, 0.05) is 17.3 Å². The van der Waals surface area contributed by atoms with Gasteiger partial charge in [-0.1, -0.05) is 0 Å². The molecule has 0 radical (unpaired) electrons. The van der Waals surface area contributed by atoms with Gasteiger partial charge in [0.2, 0.25) is 5.88 Å². The Balaban J connectivity index is 2.18. The summed E-state index contributed by atoms with van der Waals surface area (Å²) in [5, 5.41) is 10.4. The average molecular weight is 327 g/mol. The molecule has 0 aliphatic carbocycles. The molecule has 0 atom stereocenters. The van der Waals surface area contributed by atoms with E-state index in [2.05, 4.69) is 20.3 Å². The topological polar surface area (TPSA) is 65.2 Å². The molecule has 3 rings (SSSR count). The third-order valence-electron chi connectivity index (χ3n) is 3.24. The van der Waals surface area contributed by atoms with Gasteiger partial charge >= 0.3 is 6.18 Å². The van der Waals surface area contributed by atoms with Crippen LogP contribution in [-0.4, -0.2) is 24.8 Å². The molecule has 0 aliphatic heterocycles. The highest BCUT2D eigenvalue weighted by molar-refractivity contribution is 5.53. The Morgan fingerprint density at radius 1 is 1.13 bits per heavy atom. The van der Waals surface area contributed by atoms with Gasteiger partial charge in [-0.15, -0.1) is 15.3 Å². The number of aromatic nitrogens is 5. The van der Waals surface area contributed by atoms with Crippen molar-refractivity contribution < 1.29 is 22.3 Å². The molecule has 0 bridgehead atoms. The molecule has 0 aliphatic rings. The lowest BCUT2D eigenvalue weighted by atomic mass is 10.2. The van der Waals surface area contributed by atoms with E-state index in [1.54, 1.807) is 13.8 Å². The van der Waals surface area contributed by atoms with E-state index in [-0.39, 0.29) is 17.3 Å². The summed E-state index contributed by atoms with van der Waals surface area (Å²) >= 11 is 0. The van der Waals surface area contributed by atoms with Gasteiger partial charge in [0.1, 0.15) is 0 Å². The van der Waals surface area contributed by atoms with Gasteiger partial charge in [-0.3, -0.25) is 0 Å². The standard InChI is InChI=1S/C13H9F4N5O/c1-6-7(2)11(23-8-4-3-5-18-9(8)14)21-22-10(6)19-20-12(22)13(15,16)17/h3-5H,1-2H3. The maximum atomic E-state index is 13.6. The second-order valence-electron chi connectivity index (χ2n) is 4.71. The van der Waals surface area contributed by atoms with E-state index in [4.69, 9.17) is 4.74 Å². The molecule has 0 spiro atoms. The Kier molecular flexibility index (Phi) is 3.38. The lowest BCUT2D eigenvalue weighted by Crippen LogP contribution is -2.13. The molecule has 3 aromatic heterocycles. The van der Waals surface area contributed by atoms with Crippen molar-refractivity contribution >= 4 is 5.65 Å². The zero-order valence-corrected chi connectivity index (χ0v) is 11.9. The van der Waals surface area contributed by atoms with Gasteiger partial charge in [-0.05, 0) is 26.0 Å². The summed E-state index contributed by atoms with van der Waals surface area (Å²) in [6.07, 6.45) is -3.51. The van der Waals surface area contributed by atoms with Crippen LogP contribution in [0, 0.1) is 19.8 Å². The zero-order chi connectivity index (χ0) is 16.8. The molecule has 120 valence electrons. The number of nitrogens with zero attached hydrogens (tertiary/aromatic N) is 5. The number of rotatable bonds is 2. The molecule has 3 heterocycles. The highest BCUT2D eigenvalue weighted by Gasteiger charge is 2.38. The maximum Gasteiger partial charge on any atom is 0.453 e. The van der Waals surface area contributed by atoms with Crippen LogP contribution in [0.15, 0.2) is 18.3 Å². The van der Waals surface area contributed by atoms with E-state index < -0.39 is 17.9 Å². The molecule has 23 heavy (non-hydrogen) atoms. The molecule has 0 unspecified atom stereocenters. The minimum Gasteiger partial charge on any atom is -0.433 e. The monoisotopic (exact) mass is 327 g/mol. The van der Waals surface area contributed by atoms with E-state index in [1.165, 1.54) is 18.3 Å². The fraction of sp³-hybridized carbons (Fsp3) is 0.231. The highest BCUT2D eigenvalue weighted by Crippen LogP contribution is 2.31. The normalized spacial score (nSPS) is 11.9. The number of halogens is 4. The number of alkyl halides is 3. The van der Waals surface area contributed by atoms with Crippen molar-refractivity contribution in [1.82, 2.24) is 24.8 Å². The first kappa shape index (κ1) is 15.1. The molecule has 0 amide bonds. The molecule has 0 aromatic carbocycles. The van der Waals surface area contributed by atoms with Crippen LogP contribution in [0.3, 0.4) is 0 Å². The Hall–Kier alpha value is -2.78. The first-order valence-corrected chi connectivity index (χ1v) is 6.37. The molecule has 0 N–H and O–H groups in total. The van der Waals surface area contributed by atoms with Crippen molar-refractivity contribution in [3.63, 3.8) is 0 Å². The van der Waals surface area contributed by atoms with Crippen molar-refractivity contribution in [2.24, 2.45) is 0 Å². The van der Waals surface area contributed by atoms with Gasteiger partial charge in [0.25, 0.3) is 11.8 Å². The predicted octanol–water partition coefficient (Wildman–Crippen LogP) is 3.09. The molecule has 0 fully saturated rings. The van der Waals surface area contributed by atoms with Crippen LogP contribution in [0.5, 0.6) is 11.6 Å². The fourth-order valence-corrected chi connectivity index (χ4v) is 1.93. The summed E-state index contributed by atoms with van der Waals surface area (Å²) in [6, 6.07) is 2.72. The van der Waals surface area contributed by atoms with Crippen LogP contribution >= 0.6 is 0 Å². The Labute approximate surface area is 126 Å². The molecule has 3 aromatic rings. The molecular weight excluding hydrogens is 318 g/mol. The van der Waals surface area contributed by atoms with Crippen molar-refractivity contribution in [2.75, 3.05) is 0 Å². The highest BCUT2D eigenvalue weighted by atomic mass is 19.4. The summed E-state index contributed by atoms with van der Waals surface area (Å²) in [6.45, 7) is 3.13. The largest absolute Gasteiger partial charge is 0.453 e. The predicted molar refractivity (Wildman–Crippen MR) is 69.5 cm³/mol. The third-order valence-corrected chi connectivity index (χ3v) is 3.24. The maximum absolute atomic E-state index is 13.6. The number of hydrogen-bond acceptors (Lipinski definition) is 5. The van der Waals surface area contributed by atoms with Gasteiger partial charge < -0.3 is 4.74 Å². The van der Waals surface area contributed by atoms with Crippen molar-refractivity contribution in [3.8, 4) is 11.6 Å². The summed E-state index contributed by atoms with van der Waals surface area (Å²) in [7, 11) is 0. The Morgan fingerprint density at radius 3 is 2.52 bits per heavy atom. The Bertz CT molecular complexity index is 890. The van der Waals surface area contributed by atoms with Gasteiger partial charge in [0.05, 0.1) is 0 Å². The first-order chi connectivity index (χ1) is 10.8. The molecule has 6 nitrogen and oxygen atoms in total. The first-order valence-electron chi connectivity index (χ1n) is 6.37. The van der Waals surface area contributed by atoms with E-state index in [0.29, 0.717) is 15.6 Å². The Morgan fingerprint density at radius 2 is 1.87 bits per heavy atom. The van der Waals surface area contributed by atoms with Gasteiger partial charge in [-0.25, -0.2) is 4.98 Å². The van der Waals surface area contributed by atoms with Crippen LogP contribution in [0.4, 0.5) is 17.6 Å². The lowest BCUT2D eigenvalue weighted by molar-refractivity contribution is -0.146. The SMILES string of the molecule is Cc1c(Oc2cccnc2F)nn2c(C(F)(F)F)nnc2c1C. The summed E-state index contributed by atoms with van der Waals surface area (Å²) in [5.74, 6) is -2.62. The van der Waals surface area contributed by atoms with E-state index in [1.807, 2.05) is 0 Å². The zero-order valence-electron chi connectivity index (χ0n) is 11.9. The molecule has 0 saturated heterocycles. The van der Waals surface area contributed by atoms with Crippen LogP contribution in [-0.2, 0) is 6.18 Å². The van der Waals surface area contributed by atoms with Crippen molar-refractivity contribution in [2.45, 2.75) is 20.0 Å². The van der Waals surface area contributed by atoms with E-state index >= 15 is 0 Å². The summed E-state index contributed by atoms with van der Waals surface area (Å²) in [5.41, 5.74) is 0.762. The number of pyridine rings is 1. The minimum atomic E-state index is -4.73. The number of aryl methyl sites for hydroxylation is 1. The van der Waals surface area contributed by atoms with E-state index in [0.717, 1.165) is 0 Å². The summed E-state index contributed by atoms with van der Waals surface area (Å²) in [4.78, 5) is 3.41. The fourth-order valence-electron chi connectivity index (χ4n) is 1.93. The quantitative estimate of drug-likeness (QED) is 0.534. The number of fused-ring (bicyclic) bond motifs is 1. The molecule has 10 heteroatoms. The lowest BCUT2D eigenvalue weighted by Gasteiger charge is -2.11. The van der Waals surface area contributed by atoms with Crippen LogP contribution in [0.2, 0.25) is 0 Å². The number of hydrogen-bond donors (Lipinski definition) is 0. The minimum absolute atomic E-state index is 0.0474. The van der Waals surface area contributed by atoms with Crippen LogP contribution in [0.25, 0.3) is 5.65 Å². The molecular formula is C13H9F4N5O. The van der Waals surface area contributed by atoms with E-state index in [9.17, 15) is 17.6 Å². The molecule has 0 saturated carbocycles. The van der Waals surface area contributed by atoms with Gasteiger partial charge in [-0.2, -0.15) is 22.1 Å². The number of ether oxygens (including phenoxy) is 1.